The number of nitrogens with one attached hydrogen (secondary N) is 2. The van der Waals surface area contributed by atoms with E-state index in [2.05, 4.69) is 24.5 Å². The number of hydrogen-bond donors (Lipinski definition) is 2. The van der Waals surface area contributed by atoms with Gasteiger partial charge in [0.05, 0.1) is 0 Å². The molecule has 0 aliphatic heterocycles. The van der Waals surface area contributed by atoms with Gasteiger partial charge in [0.15, 0.2) is 0 Å². The van der Waals surface area contributed by atoms with Crippen molar-refractivity contribution in [2.45, 2.75) is 65.2 Å². The number of carbonyl (C=O) groups is 2. The molecule has 0 aliphatic carbocycles. The van der Waals surface area contributed by atoms with Gasteiger partial charge in [-0.05, 0) is 12.8 Å². The van der Waals surface area contributed by atoms with E-state index in [-0.39, 0.29) is 0 Å². The normalized spacial score (nSPS) is 10.1. The highest BCUT2D eigenvalue weighted by Crippen LogP contribution is 2.00. The second kappa shape index (κ2) is 12.4. The van der Waals surface area contributed by atoms with Crippen LogP contribution in [-0.4, -0.2) is 24.9 Å². The SMILES string of the molecule is CCCCCCCNC(=O)C(=O)NCCCCC. The Bertz CT molecular complexity index is 230. The molecule has 2 N–H and O–H groups in total. The lowest BCUT2D eigenvalue weighted by Gasteiger charge is -2.06. The summed E-state index contributed by atoms with van der Waals surface area (Å²) in [6.45, 7) is 5.47. The predicted molar refractivity (Wildman–Crippen MR) is 74.3 cm³/mol. The summed E-state index contributed by atoms with van der Waals surface area (Å²) < 4.78 is 0. The van der Waals surface area contributed by atoms with Gasteiger partial charge in [-0.15, -0.1) is 0 Å². The van der Waals surface area contributed by atoms with Crippen molar-refractivity contribution < 1.29 is 9.59 Å². The molecule has 18 heavy (non-hydrogen) atoms. The van der Waals surface area contributed by atoms with E-state index in [0.717, 1.165) is 32.1 Å². The molecule has 0 unspecified atom stereocenters. The van der Waals surface area contributed by atoms with E-state index in [4.69, 9.17) is 0 Å². The second-order valence-corrected chi connectivity index (χ2v) is 4.63. The van der Waals surface area contributed by atoms with Crippen molar-refractivity contribution in [3.8, 4) is 0 Å². The van der Waals surface area contributed by atoms with Gasteiger partial charge in [0.25, 0.3) is 0 Å². The molecule has 0 saturated heterocycles. The van der Waals surface area contributed by atoms with Crippen LogP contribution in [0.3, 0.4) is 0 Å². The summed E-state index contributed by atoms with van der Waals surface area (Å²) in [6.07, 6.45) is 8.86. The number of unbranched alkanes of at least 4 members (excludes halogenated alkanes) is 6. The van der Waals surface area contributed by atoms with Gasteiger partial charge in [-0.3, -0.25) is 9.59 Å². The summed E-state index contributed by atoms with van der Waals surface area (Å²) in [5.74, 6) is -0.998. The summed E-state index contributed by atoms with van der Waals surface area (Å²) in [7, 11) is 0. The third-order valence-electron chi connectivity index (χ3n) is 2.84. The smallest absolute Gasteiger partial charge is 0.309 e. The maximum atomic E-state index is 11.4. The van der Waals surface area contributed by atoms with E-state index in [0.29, 0.717) is 13.1 Å². The molecule has 4 nitrogen and oxygen atoms in total. The van der Waals surface area contributed by atoms with E-state index in [1.54, 1.807) is 0 Å². The van der Waals surface area contributed by atoms with Crippen LogP contribution in [0, 0.1) is 0 Å². The Morgan fingerprint density at radius 3 is 1.56 bits per heavy atom. The van der Waals surface area contributed by atoms with Gasteiger partial charge in [0, 0.05) is 13.1 Å². The molecule has 2 amide bonds. The molecule has 0 fully saturated rings. The minimum absolute atomic E-state index is 0.498. The zero-order chi connectivity index (χ0) is 13.6. The van der Waals surface area contributed by atoms with Crippen molar-refractivity contribution in [3.63, 3.8) is 0 Å². The van der Waals surface area contributed by atoms with E-state index >= 15 is 0 Å². The molecule has 0 saturated carbocycles. The van der Waals surface area contributed by atoms with Gasteiger partial charge >= 0.3 is 11.8 Å². The Hall–Kier alpha value is -1.06. The van der Waals surface area contributed by atoms with Crippen LogP contribution in [0.5, 0.6) is 0 Å². The molecular formula is C14H28N2O2. The first-order chi connectivity index (χ1) is 8.72. The van der Waals surface area contributed by atoms with Gasteiger partial charge in [0.1, 0.15) is 0 Å². The van der Waals surface area contributed by atoms with Gasteiger partial charge in [-0.1, -0.05) is 52.4 Å². The number of rotatable bonds is 10. The fourth-order valence-electron chi connectivity index (χ4n) is 1.67. The molecule has 0 aromatic carbocycles. The molecular weight excluding hydrogens is 228 g/mol. The summed E-state index contributed by atoms with van der Waals surface area (Å²) in [6, 6.07) is 0. The third-order valence-corrected chi connectivity index (χ3v) is 2.84. The van der Waals surface area contributed by atoms with Gasteiger partial charge in [-0.2, -0.15) is 0 Å². The van der Waals surface area contributed by atoms with E-state index in [1.807, 2.05) is 0 Å². The average molecular weight is 256 g/mol. The monoisotopic (exact) mass is 256 g/mol. The molecule has 106 valence electrons. The van der Waals surface area contributed by atoms with Crippen LogP contribution in [0.15, 0.2) is 0 Å². The third kappa shape index (κ3) is 10.1. The van der Waals surface area contributed by atoms with E-state index in [9.17, 15) is 9.59 Å². The lowest BCUT2D eigenvalue weighted by molar-refractivity contribution is -0.139. The van der Waals surface area contributed by atoms with Crippen molar-refractivity contribution in [2.75, 3.05) is 13.1 Å². The molecule has 0 radical (unpaired) electrons. The first-order valence-corrected chi connectivity index (χ1v) is 7.28. The van der Waals surface area contributed by atoms with Crippen LogP contribution in [-0.2, 0) is 9.59 Å². The van der Waals surface area contributed by atoms with Crippen LogP contribution < -0.4 is 10.6 Å². The van der Waals surface area contributed by atoms with Crippen molar-refractivity contribution in [2.24, 2.45) is 0 Å². The predicted octanol–water partition coefficient (Wildman–Crippen LogP) is 2.38. The largest absolute Gasteiger partial charge is 0.348 e. The lowest BCUT2D eigenvalue weighted by Crippen LogP contribution is -2.40. The second-order valence-electron chi connectivity index (χ2n) is 4.63. The molecule has 0 spiro atoms. The standard InChI is InChI=1S/C14H28N2O2/c1-3-5-7-8-10-12-16-14(18)13(17)15-11-9-6-4-2/h3-12H2,1-2H3,(H,15,17)(H,16,18). The van der Waals surface area contributed by atoms with Crippen LogP contribution >= 0.6 is 0 Å². The van der Waals surface area contributed by atoms with Crippen LogP contribution in [0.4, 0.5) is 0 Å². The molecule has 4 heteroatoms. The Morgan fingerprint density at radius 2 is 1.06 bits per heavy atom. The summed E-state index contributed by atoms with van der Waals surface area (Å²) in [5, 5.41) is 5.28. The number of carbonyl (C=O) groups excluding carboxylic acids is 2. The minimum Gasteiger partial charge on any atom is -0.348 e. The quantitative estimate of drug-likeness (QED) is 0.466. The summed E-state index contributed by atoms with van der Waals surface area (Å²) >= 11 is 0. The number of amides is 2. The topological polar surface area (TPSA) is 58.2 Å². The molecule has 0 heterocycles. The highest BCUT2D eigenvalue weighted by molar-refractivity contribution is 6.35. The van der Waals surface area contributed by atoms with Crippen LogP contribution in [0.1, 0.15) is 65.2 Å². The molecule has 0 bridgehead atoms. The Kier molecular flexibility index (Phi) is 11.7. The van der Waals surface area contributed by atoms with Crippen molar-refractivity contribution >= 4 is 11.8 Å². The van der Waals surface area contributed by atoms with Crippen LogP contribution in [0.25, 0.3) is 0 Å². The van der Waals surface area contributed by atoms with E-state index < -0.39 is 11.8 Å². The molecule has 0 aliphatic rings. The Labute approximate surface area is 111 Å². The van der Waals surface area contributed by atoms with Crippen molar-refractivity contribution in [1.82, 2.24) is 10.6 Å². The van der Waals surface area contributed by atoms with Gasteiger partial charge in [0.2, 0.25) is 0 Å². The number of hydrogen-bond acceptors (Lipinski definition) is 2. The minimum atomic E-state index is -0.500. The van der Waals surface area contributed by atoms with Crippen LogP contribution in [0.2, 0.25) is 0 Å². The highest BCUT2D eigenvalue weighted by atomic mass is 16.2. The maximum Gasteiger partial charge on any atom is 0.309 e. The van der Waals surface area contributed by atoms with Gasteiger partial charge in [-0.25, -0.2) is 0 Å². The van der Waals surface area contributed by atoms with E-state index in [1.165, 1.54) is 19.3 Å². The molecule has 0 aromatic heterocycles. The molecule has 0 rings (SSSR count). The van der Waals surface area contributed by atoms with Crippen molar-refractivity contribution in [3.05, 3.63) is 0 Å². The fraction of sp³-hybridized carbons (Fsp3) is 0.857. The first-order valence-electron chi connectivity index (χ1n) is 7.28. The molecule has 0 aromatic rings. The van der Waals surface area contributed by atoms with Crippen molar-refractivity contribution in [1.29, 1.82) is 0 Å². The highest BCUT2D eigenvalue weighted by Gasteiger charge is 2.11. The van der Waals surface area contributed by atoms with Gasteiger partial charge < -0.3 is 10.6 Å². The average Bonchev–Trinajstić information content (AvgIpc) is 2.38. The Morgan fingerprint density at radius 1 is 0.667 bits per heavy atom. The zero-order valence-corrected chi connectivity index (χ0v) is 11.9. The maximum absolute atomic E-state index is 11.4. The first kappa shape index (κ1) is 16.9. The Balaban J connectivity index is 3.41. The summed E-state index contributed by atoms with van der Waals surface area (Å²) in [5.41, 5.74) is 0. The summed E-state index contributed by atoms with van der Waals surface area (Å²) in [4.78, 5) is 22.7. The lowest BCUT2D eigenvalue weighted by atomic mass is 10.1. The molecule has 0 atom stereocenters. The fourth-order valence-corrected chi connectivity index (χ4v) is 1.67. The zero-order valence-electron chi connectivity index (χ0n) is 11.9.